The molecule has 0 aromatic heterocycles. The van der Waals surface area contributed by atoms with Crippen LogP contribution in [0.1, 0.15) is 31.9 Å². The van der Waals surface area contributed by atoms with Crippen LogP contribution in [0, 0.1) is 0 Å². The number of carbonyl (C=O) groups excluding carboxylic acids is 1. The van der Waals surface area contributed by atoms with Gasteiger partial charge in [0.2, 0.25) is 0 Å². The second-order valence-corrected chi connectivity index (χ2v) is 8.45. The molecule has 0 heterocycles. The summed E-state index contributed by atoms with van der Waals surface area (Å²) >= 11 is 3.58. The molecule has 0 atom stereocenters. The Bertz CT molecular complexity index is 817. The van der Waals surface area contributed by atoms with E-state index in [1.807, 2.05) is 57.2 Å². The first-order valence-electron chi connectivity index (χ1n) is 9.36. The van der Waals surface area contributed by atoms with E-state index in [2.05, 4.69) is 26.6 Å². The van der Waals surface area contributed by atoms with Gasteiger partial charge in [0.25, 0.3) is 5.91 Å². The van der Waals surface area contributed by atoms with E-state index in [1.165, 1.54) is 0 Å². The SMILES string of the molecule is COc1ccc(CNCc2c(Br)ccc(OC)c2OCC(=O)NC(C)(C)C)cc1. The summed E-state index contributed by atoms with van der Waals surface area (Å²) in [6.45, 7) is 6.92. The first-order chi connectivity index (χ1) is 13.7. The average Bonchev–Trinajstić information content (AvgIpc) is 2.67. The maximum Gasteiger partial charge on any atom is 0.258 e. The molecule has 2 aromatic rings. The number of benzene rings is 2. The number of hydrogen-bond donors (Lipinski definition) is 2. The fourth-order valence-electron chi connectivity index (χ4n) is 2.73. The summed E-state index contributed by atoms with van der Waals surface area (Å²) in [5.41, 5.74) is 1.71. The molecule has 158 valence electrons. The minimum atomic E-state index is -0.315. The normalized spacial score (nSPS) is 11.1. The molecule has 0 saturated carbocycles. The minimum absolute atomic E-state index is 0.0877. The maximum atomic E-state index is 12.2. The van der Waals surface area contributed by atoms with E-state index in [4.69, 9.17) is 14.2 Å². The molecule has 0 aliphatic carbocycles. The topological polar surface area (TPSA) is 68.8 Å². The van der Waals surface area contributed by atoms with Gasteiger partial charge in [-0.3, -0.25) is 4.79 Å². The smallest absolute Gasteiger partial charge is 0.258 e. The van der Waals surface area contributed by atoms with Gasteiger partial charge in [0.15, 0.2) is 18.1 Å². The standard InChI is InChI=1S/C22H29BrN2O4/c1-22(2,3)25-20(26)14-29-21-17(18(23)10-11-19(21)28-5)13-24-12-15-6-8-16(27-4)9-7-15/h6-11,24H,12-14H2,1-5H3,(H,25,26). The maximum absolute atomic E-state index is 12.2. The van der Waals surface area contributed by atoms with Crippen molar-refractivity contribution in [1.29, 1.82) is 0 Å². The molecule has 2 N–H and O–H groups in total. The van der Waals surface area contributed by atoms with Crippen LogP contribution in [0.4, 0.5) is 0 Å². The van der Waals surface area contributed by atoms with E-state index in [0.717, 1.165) is 21.3 Å². The summed E-state index contributed by atoms with van der Waals surface area (Å²) in [5.74, 6) is 1.77. The Kier molecular flexibility index (Phi) is 8.34. The van der Waals surface area contributed by atoms with Crippen LogP contribution in [0.3, 0.4) is 0 Å². The summed E-state index contributed by atoms with van der Waals surface area (Å²) in [6.07, 6.45) is 0. The summed E-state index contributed by atoms with van der Waals surface area (Å²) in [4.78, 5) is 12.2. The van der Waals surface area contributed by atoms with Crippen LogP contribution in [-0.2, 0) is 17.9 Å². The van der Waals surface area contributed by atoms with Gasteiger partial charge in [-0.25, -0.2) is 0 Å². The molecule has 0 aliphatic heterocycles. The molecular weight excluding hydrogens is 436 g/mol. The van der Waals surface area contributed by atoms with Gasteiger partial charge in [-0.2, -0.15) is 0 Å². The fourth-order valence-corrected chi connectivity index (χ4v) is 3.19. The molecule has 7 heteroatoms. The zero-order valence-electron chi connectivity index (χ0n) is 17.6. The van der Waals surface area contributed by atoms with Crippen molar-refractivity contribution in [2.75, 3.05) is 20.8 Å². The van der Waals surface area contributed by atoms with Crippen molar-refractivity contribution in [1.82, 2.24) is 10.6 Å². The highest BCUT2D eigenvalue weighted by molar-refractivity contribution is 9.10. The van der Waals surface area contributed by atoms with Gasteiger partial charge in [-0.1, -0.05) is 28.1 Å². The lowest BCUT2D eigenvalue weighted by Crippen LogP contribution is -2.43. The molecule has 0 saturated heterocycles. The molecule has 0 fully saturated rings. The number of amides is 1. The van der Waals surface area contributed by atoms with Crippen LogP contribution in [0.25, 0.3) is 0 Å². The van der Waals surface area contributed by atoms with Crippen molar-refractivity contribution in [2.45, 2.75) is 39.4 Å². The molecule has 0 spiro atoms. The third kappa shape index (κ3) is 7.25. The van der Waals surface area contributed by atoms with Crippen LogP contribution >= 0.6 is 15.9 Å². The zero-order chi connectivity index (χ0) is 21.4. The summed E-state index contributed by atoms with van der Waals surface area (Å²) < 4.78 is 17.4. The largest absolute Gasteiger partial charge is 0.497 e. The quantitative estimate of drug-likeness (QED) is 0.585. The number of rotatable bonds is 9. The first kappa shape index (κ1) is 23.0. The van der Waals surface area contributed by atoms with Gasteiger partial charge in [0, 0.05) is 28.7 Å². The van der Waals surface area contributed by atoms with Crippen LogP contribution < -0.4 is 24.8 Å². The molecule has 0 unspecified atom stereocenters. The highest BCUT2D eigenvalue weighted by Crippen LogP contribution is 2.36. The van der Waals surface area contributed by atoms with E-state index < -0.39 is 0 Å². The number of methoxy groups -OCH3 is 2. The van der Waals surface area contributed by atoms with Gasteiger partial charge >= 0.3 is 0 Å². The molecular formula is C22H29BrN2O4. The number of carbonyl (C=O) groups is 1. The van der Waals surface area contributed by atoms with E-state index in [1.54, 1.807) is 14.2 Å². The Morgan fingerprint density at radius 2 is 1.69 bits per heavy atom. The highest BCUT2D eigenvalue weighted by atomic mass is 79.9. The summed E-state index contributed by atoms with van der Waals surface area (Å²) in [5, 5.41) is 6.30. The van der Waals surface area contributed by atoms with Gasteiger partial charge in [0.1, 0.15) is 5.75 Å². The van der Waals surface area contributed by atoms with Crippen LogP contribution in [-0.4, -0.2) is 32.3 Å². The second kappa shape index (κ2) is 10.5. The van der Waals surface area contributed by atoms with E-state index >= 15 is 0 Å². The van der Waals surface area contributed by atoms with Crippen molar-refractivity contribution < 1.29 is 19.0 Å². The van der Waals surface area contributed by atoms with Crippen molar-refractivity contribution in [3.8, 4) is 17.2 Å². The molecule has 1 amide bonds. The van der Waals surface area contributed by atoms with Crippen molar-refractivity contribution >= 4 is 21.8 Å². The van der Waals surface area contributed by atoms with Gasteiger partial charge in [-0.05, 0) is 50.6 Å². The van der Waals surface area contributed by atoms with Crippen LogP contribution in [0.15, 0.2) is 40.9 Å². The predicted octanol–water partition coefficient (Wildman–Crippen LogP) is 4.05. The molecule has 0 aliphatic rings. The van der Waals surface area contributed by atoms with Crippen molar-refractivity contribution in [3.05, 3.63) is 52.0 Å². The lowest BCUT2D eigenvalue weighted by atomic mass is 10.1. The van der Waals surface area contributed by atoms with Gasteiger partial charge in [-0.15, -0.1) is 0 Å². The second-order valence-electron chi connectivity index (χ2n) is 7.60. The minimum Gasteiger partial charge on any atom is -0.497 e. The fraction of sp³-hybridized carbons (Fsp3) is 0.409. The zero-order valence-corrected chi connectivity index (χ0v) is 19.2. The molecule has 6 nitrogen and oxygen atoms in total. The summed E-state index contributed by atoms with van der Waals surface area (Å²) in [6, 6.07) is 11.6. The van der Waals surface area contributed by atoms with Crippen molar-refractivity contribution in [2.24, 2.45) is 0 Å². The van der Waals surface area contributed by atoms with Gasteiger partial charge in [0.05, 0.1) is 14.2 Å². The van der Waals surface area contributed by atoms with Crippen LogP contribution in [0.5, 0.6) is 17.2 Å². The van der Waals surface area contributed by atoms with E-state index in [-0.39, 0.29) is 18.1 Å². The van der Waals surface area contributed by atoms with Gasteiger partial charge < -0.3 is 24.8 Å². The number of ether oxygens (including phenoxy) is 3. The average molecular weight is 465 g/mol. The molecule has 29 heavy (non-hydrogen) atoms. The molecule has 0 radical (unpaired) electrons. The monoisotopic (exact) mass is 464 g/mol. The lowest BCUT2D eigenvalue weighted by molar-refractivity contribution is -0.124. The number of nitrogens with one attached hydrogen (secondary N) is 2. The first-order valence-corrected chi connectivity index (χ1v) is 10.2. The Labute approximate surface area is 181 Å². The molecule has 2 rings (SSSR count). The molecule has 2 aromatic carbocycles. The van der Waals surface area contributed by atoms with Crippen LogP contribution in [0.2, 0.25) is 0 Å². The van der Waals surface area contributed by atoms with E-state index in [0.29, 0.717) is 24.6 Å². The number of hydrogen-bond acceptors (Lipinski definition) is 5. The Hall–Kier alpha value is -2.25. The van der Waals surface area contributed by atoms with E-state index in [9.17, 15) is 4.79 Å². The molecule has 0 bridgehead atoms. The third-order valence-electron chi connectivity index (χ3n) is 4.04. The predicted molar refractivity (Wildman–Crippen MR) is 118 cm³/mol. The van der Waals surface area contributed by atoms with Crippen molar-refractivity contribution in [3.63, 3.8) is 0 Å². The Morgan fingerprint density at radius 1 is 1.00 bits per heavy atom. The Balaban J connectivity index is 2.08. The Morgan fingerprint density at radius 3 is 2.28 bits per heavy atom. The third-order valence-corrected chi connectivity index (χ3v) is 4.78. The summed E-state index contributed by atoms with van der Waals surface area (Å²) in [7, 11) is 3.23. The highest BCUT2D eigenvalue weighted by Gasteiger charge is 2.18. The number of halogens is 1. The lowest BCUT2D eigenvalue weighted by Gasteiger charge is -2.21.